The van der Waals surface area contributed by atoms with Gasteiger partial charge in [0, 0.05) is 12.6 Å². The molecule has 2 unspecified atom stereocenters. The molecule has 1 heterocycles. The Labute approximate surface area is 86.5 Å². The fourth-order valence-corrected chi connectivity index (χ4v) is 2.95. The Morgan fingerprint density at radius 2 is 2.00 bits per heavy atom. The molecule has 3 aliphatic rings. The Kier molecular flexibility index (Phi) is 1.85. The molecule has 1 saturated heterocycles. The number of likely N-dealkylation sites (tertiary alicyclic amines) is 1. The van der Waals surface area contributed by atoms with Crippen LogP contribution in [0.4, 0.5) is 0 Å². The molecule has 0 radical (unpaired) electrons. The molecule has 0 N–H and O–H groups in total. The number of hydrogen-bond acceptors (Lipinski definition) is 1. The van der Waals surface area contributed by atoms with Crippen LogP contribution in [0.1, 0.15) is 26.7 Å². The average molecular weight is 189 g/mol. The number of nitrogens with zero attached hydrogens (tertiary/aromatic N) is 1. The summed E-state index contributed by atoms with van der Waals surface area (Å²) in [4.78, 5) is 2.59. The molecular weight excluding hydrogens is 170 g/mol. The fraction of sp³-hybridized carbons (Fsp3) is 0.692. The number of hydrogen-bond donors (Lipinski definition) is 0. The lowest BCUT2D eigenvalue weighted by molar-refractivity contribution is 0.220. The molecule has 14 heavy (non-hydrogen) atoms. The van der Waals surface area contributed by atoms with Gasteiger partial charge in [0.1, 0.15) is 0 Å². The van der Waals surface area contributed by atoms with Crippen molar-refractivity contribution in [2.45, 2.75) is 32.7 Å². The largest absolute Gasteiger partial charge is 0.296 e. The van der Waals surface area contributed by atoms with Gasteiger partial charge in [-0.3, -0.25) is 4.90 Å². The topological polar surface area (TPSA) is 3.24 Å². The van der Waals surface area contributed by atoms with E-state index in [0.717, 1.165) is 17.9 Å². The lowest BCUT2D eigenvalue weighted by atomic mass is 9.88. The summed E-state index contributed by atoms with van der Waals surface area (Å²) < 4.78 is 0. The van der Waals surface area contributed by atoms with Crippen LogP contribution < -0.4 is 0 Å². The zero-order valence-electron chi connectivity index (χ0n) is 9.16. The Morgan fingerprint density at radius 1 is 1.29 bits per heavy atom. The highest BCUT2D eigenvalue weighted by atomic mass is 15.2. The van der Waals surface area contributed by atoms with Crippen molar-refractivity contribution >= 4 is 0 Å². The molecular formula is C13H19N. The predicted octanol–water partition coefficient (Wildman–Crippen LogP) is 2.60. The third-order valence-corrected chi connectivity index (χ3v) is 4.05. The van der Waals surface area contributed by atoms with Gasteiger partial charge in [-0.05, 0) is 49.3 Å². The smallest absolute Gasteiger partial charge is 0.0236 e. The van der Waals surface area contributed by atoms with Crippen molar-refractivity contribution in [3.63, 3.8) is 0 Å². The molecule has 3 atom stereocenters. The van der Waals surface area contributed by atoms with E-state index in [1.54, 1.807) is 11.1 Å². The average Bonchev–Trinajstić information content (AvgIpc) is 2.91. The number of likely N-dealkylation sites (N-methyl/N-ethyl adjacent to an activating group) is 1. The Bertz CT molecular complexity index is 313. The lowest BCUT2D eigenvalue weighted by Crippen LogP contribution is -2.39. The van der Waals surface area contributed by atoms with Crippen LogP contribution in [0, 0.1) is 11.8 Å². The Hall–Kier alpha value is -0.560. The summed E-state index contributed by atoms with van der Waals surface area (Å²) in [5.41, 5.74) is 3.31. The summed E-state index contributed by atoms with van der Waals surface area (Å²) >= 11 is 0. The van der Waals surface area contributed by atoms with Gasteiger partial charge in [0.2, 0.25) is 0 Å². The first kappa shape index (κ1) is 8.72. The minimum absolute atomic E-state index is 0.749. The summed E-state index contributed by atoms with van der Waals surface area (Å²) in [7, 11) is 0. The first-order valence-electron chi connectivity index (χ1n) is 5.93. The highest BCUT2D eigenvalue weighted by Gasteiger charge is 2.39. The maximum absolute atomic E-state index is 2.59. The van der Waals surface area contributed by atoms with Crippen molar-refractivity contribution in [1.82, 2.24) is 4.90 Å². The summed E-state index contributed by atoms with van der Waals surface area (Å²) in [6.45, 7) is 7.03. The summed E-state index contributed by atoms with van der Waals surface area (Å²) in [5.74, 6) is 1.84. The van der Waals surface area contributed by atoms with Crippen LogP contribution in [-0.2, 0) is 0 Å². The molecule has 1 nitrogen and oxygen atoms in total. The van der Waals surface area contributed by atoms with E-state index in [1.807, 2.05) is 0 Å². The van der Waals surface area contributed by atoms with E-state index in [9.17, 15) is 0 Å². The minimum Gasteiger partial charge on any atom is -0.296 e. The standard InChI is InChI=1S/C13H19N/c1-3-14-8-13-7-12-6-11(12)5-10(13)4-9(14)2/h5,7,9,11-12H,3-4,6,8H2,1-2H3/t9?,11?,12-/m0/s1. The summed E-state index contributed by atoms with van der Waals surface area (Å²) in [6, 6.07) is 0.749. The van der Waals surface area contributed by atoms with Crippen molar-refractivity contribution in [3.8, 4) is 0 Å². The normalized spacial score (nSPS) is 40.9. The van der Waals surface area contributed by atoms with Crippen LogP contribution in [0.25, 0.3) is 0 Å². The van der Waals surface area contributed by atoms with Crippen LogP contribution >= 0.6 is 0 Å². The first-order chi connectivity index (χ1) is 6.78. The Morgan fingerprint density at radius 3 is 2.71 bits per heavy atom. The van der Waals surface area contributed by atoms with E-state index < -0.39 is 0 Å². The van der Waals surface area contributed by atoms with Crippen molar-refractivity contribution in [1.29, 1.82) is 0 Å². The predicted molar refractivity (Wildman–Crippen MR) is 59.1 cm³/mol. The van der Waals surface area contributed by atoms with Gasteiger partial charge in [0.15, 0.2) is 0 Å². The molecule has 1 saturated carbocycles. The monoisotopic (exact) mass is 189 g/mol. The van der Waals surface area contributed by atoms with E-state index >= 15 is 0 Å². The van der Waals surface area contributed by atoms with Gasteiger partial charge in [0.05, 0.1) is 0 Å². The van der Waals surface area contributed by atoms with Gasteiger partial charge in [-0.15, -0.1) is 0 Å². The van der Waals surface area contributed by atoms with Gasteiger partial charge in [0.25, 0.3) is 0 Å². The molecule has 2 aliphatic carbocycles. The number of rotatable bonds is 1. The molecule has 3 rings (SSSR count). The summed E-state index contributed by atoms with van der Waals surface area (Å²) in [5, 5.41) is 0. The van der Waals surface area contributed by atoms with Crippen LogP contribution in [0.2, 0.25) is 0 Å². The van der Waals surface area contributed by atoms with Crippen LogP contribution in [0.3, 0.4) is 0 Å². The van der Waals surface area contributed by atoms with E-state index in [1.165, 1.54) is 25.9 Å². The maximum Gasteiger partial charge on any atom is 0.0236 e. The third kappa shape index (κ3) is 1.26. The quantitative estimate of drug-likeness (QED) is 0.613. The lowest BCUT2D eigenvalue weighted by Gasteiger charge is -2.36. The fourth-order valence-electron chi connectivity index (χ4n) is 2.95. The first-order valence-corrected chi connectivity index (χ1v) is 5.93. The van der Waals surface area contributed by atoms with Gasteiger partial charge in [-0.1, -0.05) is 19.1 Å². The molecule has 1 aliphatic heterocycles. The SMILES string of the molecule is CCN1CC2=C[C@@H]3CC3C=C2CC1C. The van der Waals surface area contributed by atoms with Crippen LogP contribution in [-0.4, -0.2) is 24.0 Å². The highest BCUT2D eigenvalue weighted by molar-refractivity contribution is 5.42. The van der Waals surface area contributed by atoms with Gasteiger partial charge >= 0.3 is 0 Å². The van der Waals surface area contributed by atoms with Crippen molar-refractivity contribution in [2.24, 2.45) is 11.8 Å². The number of allylic oxidation sites excluding steroid dienone is 2. The van der Waals surface area contributed by atoms with E-state index in [-0.39, 0.29) is 0 Å². The second-order valence-corrected chi connectivity index (χ2v) is 5.06. The van der Waals surface area contributed by atoms with E-state index in [0.29, 0.717) is 0 Å². The molecule has 0 aromatic rings. The molecule has 76 valence electrons. The van der Waals surface area contributed by atoms with Gasteiger partial charge in [-0.2, -0.15) is 0 Å². The van der Waals surface area contributed by atoms with E-state index in [4.69, 9.17) is 0 Å². The molecule has 0 amide bonds. The molecule has 0 spiro atoms. The van der Waals surface area contributed by atoms with Gasteiger partial charge < -0.3 is 0 Å². The van der Waals surface area contributed by atoms with Crippen LogP contribution in [0.15, 0.2) is 23.3 Å². The second kappa shape index (κ2) is 2.96. The maximum atomic E-state index is 2.59. The molecule has 0 bridgehead atoms. The van der Waals surface area contributed by atoms with Crippen LogP contribution in [0.5, 0.6) is 0 Å². The van der Waals surface area contributed by atoms with Gasteiger partial charge in [-0.25, -0.2) is 0 Å². The molecule has 0 aromatic heterocycles. The third-order valence-electron chi connectivity index (χ3n) is 4.05. The van der Waals surface area contributed by atoms with Crippen molar-refractivity contribution in [3.05, 3.63) is 23.3 Å². The minimum atomic E-state index is 0.749. The number of piperidine rings is 1. The summed E-state index contributed by atoms with van der Waals surface area (Å²) in [6.07, 6.45) is 7.81. The zero-order chi connectivity index (χ0) is 9.71. The molecule has 2 fully saturated rings. The Balaban J connectivity index is 1.85. The number of fused-ring (bicyclic) bond motifs is 2. The molecule has 0 aromatic carbocycles. The van der Waals surface area contributed by atoms with Crippen molar-refractivity contribution < 1.29 is 0 Å². The molecule has 1 heteroatoms. The zero-order valence-corrected chi connectivity index (χ0v) is 9.16. The highest BCUT2D eigenvalue weighted by Crippen LogP contribution is 2.48. The van der Waals surface area contributed by atoms with E-state index in [2.05, 4.69) is 30.9 Å². The van der Waals surface area contributed by atoms with Crippen molar-refractivity contribution in [2.75, 3.05) is 13.1 Å². The second-order valence-electron chi connectivity index (χ2n) is 5.06.